The van der Waals surface area contributed by atoms with Gasteiger partial charge in [-0.1, -0.05) is 18.2 Å². The van der Waals surface area contributed by atoms with Crippen molar-refractivity contribution >= 4 is 29.3 Å². The van der Waals surface area contributed by atoms with Crippen molar-refractivity contribution in [3.05, 3.63) is 54.1 Å². The van der Waals surface area contributed by atoms with Gasteiger partial charge in [-0.3, -0.25) is 9.59 Å². The zero-order chi connectivity index (χ0) is 20.7. The third-order valence-corrected chi connectivity index (χ3v) is 3.35. The van der Waals surface area contributed by atoms with Gasteiger partial charge in [-0.05, 0) is 51.1 Å². The van der Waals surface area contributed by atoms with E-state index in [1.807, 2.05) is 0 Å². The van der Waals surface area contributed by atoms with Crippen LogP contribution in [0.15, 0.2) is 48.5 Å². The lowest BCUT2D eigenvalue weighted by atomic mass is 10.2. The highest BCUT2D eigenvalue weighted by molar-refractivity contribution is 6.07. The summed E-state index contributed by atoms with van der Waals surface area (Å²) in [5.41, 5.74) is 0.352. The maximum absolute atomic E-state index is 12.3. The standard InChI is InChI=1S/C20H23N3O5/c1-20(2,3)28-19(27)21-12-17(25)22-15-9-4-5-10-16(15)23-18(26)13-7-6-8-14(24)11-13/h4-11,24H,12H2,1-3H3,(H,21,27)(H,22,25)(H,23,26). The lowest BCUT2D eigenvalue weighted by Gasteiger charge is -2.19. The van der Waals surface area contributed by atoms with E-state index in [2.05, 4.69) is 16.0 Å². The summed E-state index contributed by atoms with van der Waals surface area (Å²) in [6.07, 6.45) is -0.701. The smallest absolute Gasteiger partial charge is 0.408 e. The lowest BCUT2D eigenvalue weighted by molar-refractivity contribution is -0.115. The number of phenolic OH excluding ortho intramolecular Hbond substituents is 1. The molecule has 2 aromatic carbocycles. The summed E-state index contributed by atoms with van der Waals surface area (Å²) in [6.45, 7) is 4.87. The number of para-hydroxylation sites is 2. The van der Waals surface area contributed by atoms with Gasteiger partial charge in [0.25, 0.3) is 5.91 Å². The summed E-state index contributed by atoms with van der Waals surface area (Å²) in [4.78, 5) is 36.1. The number of ether oxygens (including phenoxy) is 1. The van der Waals surface area contributed by atoms with E-state index < -0.39 is 23.5 Å². The van der Waals surface area contributed by atoms with Crippen LogP contribution in [-0.2, 0) is 9.53 Å². The van der Waals surface area contributed by atoms with Crippen molar-refractivity contribution in [3.8, 4) is 5.75 Å². The molecule has 28 heavy (non-hydrogen) atoms. The van der Waals surface area contributed by atoms with Crippen molar-refractivity contribution < 1.29 is 24.2 Å². The number of hydrogen-bond donors (Lipinski definition) is 4. The molecule has 0 aromatic heterocycles. The Labute approximate surface area is 162 Å². The zero-order valence-electron chi connectivity index (χ0n) is 15.9. The third kappa shape index (κ3) is 6.64. The molecule has 8 heteroatoms. The van der Waals surface area contributed by atoms with Crippen LogP contribution in [0.5, 0.6) is 5.75 Å². The minimum absolute atomic E-state index is 0.0255. The number of benzene rings is 2. The number of hydrogen-bond acceptors (Lipinski definition) is 5. The van der Waals surface area contributed by atoms with E-state index in [9.17, 15) is 19.5 Å². The molecule has 0 atom stereocenters. The van der Waals surface area contributed by atoms with Gasteiger partial charge in [0.2, 0.25) is 5.91 Å². The van der Waals surface area contributed by atoms with Crippen molar-refractivity contribution in [2.75, 3.05) is 17.2 Å². The maximum Gasteiger partial charge on any atom is 0.408 e. The highest BCUT2D eigenvalue weighted by Crippen LogP contribution is 2.22. The molecule has 0 heterocycles. The third-order valence-electron chi connectivity index (χ3n) is 3.35. The fourth-order valence-electron chi connectivity index (χ4n) is 2.20. The molecule has 0 aliphatic rings. The first kappa shape index (κ1) is 20.8. The first-order valence-electron chi connectivity index (χ1n) is 8.60. The number of nitrogens with one attached hydrogen (secondary N) is 3. The predicted molar refractivity (Wildman–Crippen MR) is 105 cm³/mol. The van der Waals surface area contributed by atoms with Crippen LogP contribution < -0.4 is 16.0 Å². The fraction of sp³-hybridized carbons (Fsp3) is 0.250. The van der Waals surface area contributed by atoms with Gasteiger partial charge in [-0.2, -0.15) is 0 Å². The summed E-state index contributed by atoms with van der Waals surface area (Å²) in [5, 5.41) is 17.2. The first-order valence-corrected chi connectivity index (χ1v) is 8.60. The summed E-state index contributed by atoms with van der Waals surface area (Å²) >= 11 is 0. The van der Waals surface area contributed by atoms with Gasteiger partial charge in [0.05, 0.1) is 11.4 Å². The van der Waals surface area contributed by atoms with Crippen LogP contribution in [0.2, 0.25) is 0 Å². The van der Waals surface area contributed by atoms with Gasteiger partial charge in [-0.15, -0.1) is 0 Å². The van der Waals surface area contributed by atoms with Gasteiger partial charge in [0.15, 0.2) is 0 Å². The van der Waals surface area contributed by atoms with Gasteiger partial charge in [0.1, 0.15) is 17.9 Å². The molecular formula is C20H23N3O5. The van der Waals surface area contributed by atoms with E-state index in [0.29, 0.717) is 11.4 Å². The van der Waals surface area contributed by atoms with Crippen LogP contribution in [0.4, 0.5) is 16.2 Å². The average Bonchev–Trinajstić information content (AvgIpc) is 2.60. The van der Waals surface area contributed by atoms with Crippen molar-refractivity contribution in [1.82, 2.24) is 5.32 Å². The van der Waals surface area contributed by atoms with Crippen LogP contribution in [0.3, 0.4) is 0 Å². The van der Waals surface area contributed by atoms with Crippen LogP contribution in [-0.4, -0.2) is 35.2 Å². The molecule has 0 radical (unpaired) electrons. The van der Waals surface area contributed by atoms with Gasteiger partial charge in [0, 0.05) is 5.56 Å². The van der Waals surface area contributed by atoms with E-state index in [4.69, 9.17) is 4.74 Å². The summed E-state index contributed by atoms with van der Waals surface area (Å²) in [7, 11) is 0. The largest absolute Gasteiger partial charge is 0.508 e. The van der Waals surface area contributed by atoms with Gasteiger partial charge >= 0.3 is 6.09 Å². The minimum Gasteiger partial charge on any atom is -0.508 e. The predicted octanol–water partition coefficient (Wildman–Crippen LogP) is 3.11. The van der Waals surface area contributed by atoms with Gasteiger partial charge in [-0.25, -0.2) is 4.79 Å². The molecule has 0 bridgehead atoms. The van der Waals surface area contributed by atoms with Crippen molar-refractivity contribution in [2.45, 2.75) is 26.4 Å². The van der Waals surface area contributed by atoms with E-state index in [1.54, 1.807) is 57.2 Å². The number of rotatable bonds is 5. The van der Waals surface area contributed by atoms with Crippen LogP contribution in [0.25, 0.3) is 0 Å². The number of carbonyl (C=O) groups is 3. The van der Waals surface area contributed by atoms with Crippen molar-refractivity contribution in [1.29, 1.82) is 0 Å². The van der Waals surface area contributed by atoms with Crippen LogP contribution in [0, 0.1) is 0 Å². The second kappa shape index (κ2) is 8.90. The molecule has 0 aliphatic heterocycles. The Hall–Kier alpha value is -3.55. The molecule has 0 fully saturated rings. The molecule has 0 saturated carbocycles. The summed E-state index contributed by atoms with van der Waals surface area (Å²) in [6, 6.07) is 12.5. The number of aromatic hydroxyl groups is 1. The minimum atomic E-state index is -0.701. The SMILES string of the molecule is CC(C)(C)OC(=O)NCC(=O)Nc1ccccc1NC(=O)c1cccc(O)c1. The molecule has 8 nitrogen and oxygen atoms in total. The summed E-state index contributed by atoms with van der Waals surface area (Å²) in [5.74, 6) is -0.947. The molecule has 0 saturated heterocycles. The number of amides is 3. The van der Waals surface area contributed by atoms with Crippen LogP contribution in [0.1, 0.15) is 31.1 Å². The lowest BCUT2D eigenvalue weighted by Crippen LogP contribution is -2.37. The molecule has 0 unspecified atom stereocenters. The molecule has 0 aliphatic carbocycles. The monoisotopic (exact) mass is 385 g/mol. The first-order chi connectivity index (χ1) is 13.1. The van der Waals surface area contributed by atoms with Crippen molar-refractivity contribution in [2.24, 2.45) is 0 Å². The normalized spacial score (nSPS) is 10.7. The van der Waals surface area contributed by atoms with Crippen molar-refractivity contribution in [3.63, 3.8) is 0 Å². The van der Waals surface area contributed by atoms with E-state index in [1.165, 1.54) is 12.1 Å². The second-order valence-corrected chi connectivity index (χ2v) is 6.95. The Morgan fingerprint density at radius 3 is 2.21 bits per heavy atom. The average molecular weight is 385 g/mol. The zero-order valence-corrected chi connectivity index (χ0v) is 15.9. The fourth-order valence-corrected chi connectivity index (χ4v) is 2.20. The topological polar surface area (TPSA) is 117 Å². The number of alkyl carbamates (subject to hydrolysis) is 1. The molecule has 3 amide bonds. The Morgan fingerprint density at radius 2 is 1.61 bits per heavy atom. The Bertz CT molecular complexity index is 874. The second-order valence-electron chi connectivity index (χ2n) is 6.95. The highest BCUT2D eigenvalue weighted by atomic mass is 16.6. The van der Waals surface area contributed by atoms with E-state index >= 15 is 0 Å². The molecule has 148 valence electrons. The molecule has 0 spiro atoms. The Morgan fingerprint density at radius 1 is 0.964 bits per heavy atom. The number of carbonyl (C=O) groups excluding carboxylic acids is 3. The molecule has 2 rings (SSSR count). The number of anilines is 2. The van der Waals surface area contributed by atoms with Crippen LogP contribution >= 0.6 is 0 Å². The number of phenols is 1. The Balaban J connectivity index is 1.98. The molecule has 4 N–H and O–H groups in total. The Kier molecular flexibility index (Phi) is 6.59. The summed E-state index contributed by atoms with van der Waals surface area (Å²) < 4.78 is 5.07. The highest BCUT2D eigenvalue weighted by Gasteiger charge is 2.17. The van der Waals surface area contributed by atoms with Gasteiger partial charge < -0.3 is 25.8 Å². The molecular weight excluding hydrogens is 362 g/mol. The van der Waals surface area contributed by atoms with E-state index in [0.717, 1.165) is 0 Å². The quantitative estimate of drug-likeness (QED) is 0.631. The molecule has 2 aromatic rings. The van der Waals surface area contributed by atoms with E-state index in [-0.39, 0.29) is 17.9 Å². The maximum atomic E-state index is 12.3.